The third-order valence-corrected chi connectivity index (χ3v) is 5.15. The van der Waals surface area contributed by atoms with Crippen molar-refractivity contribution in [3.63, 3.8) is 0 Å². The lowest BCUT2D eigenvalue weighted by Crippen LogP contribution is -2.41. The Balaban J connectivity index is 1.38. The summed E-state index contributed by atoms with van der Waals surface area (Å²) in [6.45, 7) is 3.30. The van der Waals surface area contributed by atoms with Crippen molar-refractivity contribution in [2.24, 2.45) is 4.99 Å². The maximum atomic E-state index is 12.4. The van der Waals surface area contributed by atoms with Gasteiger partial charge in [-0.3, -0.25) is 14.6 Å². The van der Waals surface area contributed by atoms with Crippen LogP contribution in [0.3, 0.4) is 0 Å². The van der Waals surface area contributed by atoms with Crippen molar-refractivity contribution in [1.82, 2.24) is 16.0 Å². The summed E-state index contributed by atoms with van der Waals surface area (Å²) in [6.07, 6.45) is 4.98. The first-order valence-corrected chi connectivity index (χ1v) is 10.4. The van der Waals surface area contributed by atoms with Gasteiger partial charge in [-0.05, 0) is 55.9 Å². The van der Waals surface area contributed by atoms with Gasteiger partial charge in [-0.2, -0.15) is 0 Å². The van der Waals surface area contributed by atoms with Gasteiger partial charge >= 0.3 is 0 Å². The average Bonchev–Trinajstić information content (AvgIpc) is 3.14. The lowest BCUT2D eigenvalue weighted by Gasteiger charge is -2.22. The normalized spacial score (nSPS) is 16.1. The van der Waals surface area contributed by atoms with Gasteiger partial charge in [0.25, 0.3) is 0 Å². The lowest BCUT2D eigenvalue weighted by atomic mass is 10.1. The Bertz CT molecular complexity index is 737. The van der Waals surface area contributed by atoms with Crippen molar-refractivity contribution in [3.8, 4) is 0 Å². The van der Waals surface area contributed by atoms with Crippen LogP contribution in [0.4, 0.5) is 5.69 Å². The SMILES string of the molecule is O=C(CN1C(=O)CCCc2cc(Cl)ccc21)NCCCCCNC1=NCCN1. The van der Waals surface area contributed by atoms with Crippen LogP contribution >= 0.6 is 11.6 Å². The van der Waals surface area contributed by atoms with Crippen LogP contribution in [0.25, 0.3) is 0 Å². The predicted octanol–water partition coefficient (Wildman–Crippen LogP) is 1.84. The molecule has 0 bridgehead atoms. The predicted molar refractivity (Wildman–Crippen MR) is 112 cm³/mol. The number of fused-ring (bicyclic) bond motifs is 1. The number of rotatable bonds is 8. The molecule has 0 unspecified atom stereocenters. The van der Waals surface area contributed by atoms with Gasteiger partial charge in [0.05, 0.1) is 6.54 Å². The molecule has 8 heteroatoms. The number of unbranched alkanes of at least 4 members (excludes halogenated alkanes) is 2. The first-order chi connectivity index (χ1) is 13.6. The van der Waals surface area contributed by atoms with Crippen LogP contribution < -0.4 is 20.9 Å². The van der Waals surface area contributed by atoms with Gasteiger partial charge < -0.3 is 20.9 Å². The Morgan fingerprint density at radius 3 is 2.89 bits per heavy atom. The molecule has 0 atom stereocenters. The number of aryl methyl sites for hydroxylation is 1. The molecule has 2 aliphatic heterocycles. The molecule has 3 rings (SSSR count). The second kappa shape index (κ2) is 10.3. The van der Waals surface area contributed by atoms with Crippen molar-refractivity contribution in [3.05, 3.63) is 28.8 Å². The average molecular weight is 406 g/mol. The highest BCUT2D eigenvalue weighted by molar-refractivity contribution is 6.30. The largest absolute Gasteiger partial charge is 0.356 e. The van der Waals surface area contributed by atoms with E-state index in [4.69, 9.17) is 11.6 Å². The Kier molecular flexibility index (Phi) is 7.54. The van der Waals surface area contributed by atoms with Crippen LogP contribution in [0.1, 0.15) is 37.7 Å². The molecular formula is C20H28ClN5O2. The van der Waals surface area contributed by atoms with Crippen LogP contribution in [0.5, 0.6) is 0 Å². The van der Waals surface area contributed by atoms with Crippen LogP contribution in [0.15, 0.2) is 23.2 Å². The van der Waals surface area contributed by atoms with Gasteiger partial charge in [0, 0.05) is 36.8 Å². The number of halogens is 1. The number of hydrogen-bond donors (Lipinski definition) is 3. The van der Waals surface area contributed by atoms with E-state index in [9.17, 15) is 9.59 Å². The maximum absolute atomic E-state index is 12.4. The van der Waals surface area contributed by atoms with Crippen LogP contribution in [0.2, 0.25) is 5.02 Å². The molecule has 152 valence electrons. The molecule has 0 saturated carbocycles. The molecule has 2 heterocycles. The van der Waals surface area contributed by atoms with E-state index in [2.05, 4.69) is 20.9 Å². The summed E-state index contributed by atoms with van der Waals surface area (Å²) in [7, 11) is 0. The van der Waals surface area contributed by atoms with Gasteiger partial charge in [-0.1, -0.05) is 11.6 Å². The van der Waals surface area contributed by atoms with Crippen LogP contribution in [-0.4, -0.2) is 50.5 Å². The highest BCUT2D eigenvalue weighted by Gasteiger charge is 2.24. The van der Waals surface area contributed by atoms with E-state index < -0.39 is 0 Å². The van der Waals surface area contributed by atoms with Gasteiger partial charge in [0.2, 0.25) is 11.8 Å². The topological polar surface area (TPSA) is 85.8 Å². The van der Waals surface area contributed by atoms with Gasteiger partial charge in [-0.15, -0.1) is 0 Å². The first-order valence-electron chi connectivity index (χ1n) is 10.0. The Labute approximate surface area is 170 Å². The Morgan fingerprint density at radius 2 is 2.07 bits per heavy atom. The fraction of sp³-hybridized carbons (Fsp3) is 0.550. The van der Waals surface area contributed by atoms with E-state index in [1.165, 1.54) is 0 Å². The van der Waals surface area contributed by atoms with E-state index in [0.717, 1.165) is 68.9 Å². The summed E-state index contributed by atoms with van der Waals surface area (Å²) >= 11 is 6.08. The summed E-state index contributed by atoms with van der Waals surface area (Å²) in [5.41, 5.74) is 1.83. The molecule has 0 spiro atoms. The lowest BCUT2D eigenvalue weighted by molar-refractivity contribution is -0.123. The molecule has 0 aliphatic carbocycles. The van der Waals surface area contributed by atoms with Gasteiger partial charge in [-0.25, -0.2) is 0 Å². The summed E-state index contributed by atoms with van der Waals surface area (Å²) < 4.78 is 0. The molecule has 0 fully saturated rings. The van der Waals surface area contributed by atoms with Gasteiger partial charge in [0.1, 0.15) is 6.54 Å². The quantitative estimate of drug-likeness (QED) is 0.576. The standard InChI is InChI=1S/C20H28ClN5O2/c21-16-7-8-17-15(13-16)5-4-6-19(28)26(17)14-18(27)22-9-2-1-3-10-23-20-24-11-12-25-20/h7-8,13H,1-6,9-12,14H2,(H,22,27)(H2,23,24,25). The van der Waals surface area contributed by atoms with Crippen molar-refractivity contribution < 1.29 is 9.59 Å². The minimum absolute atomic E-state index is 0.00858. The monoisotopic (exact) mass is 405 g/mol. The Morgan fingerprint density at radius 1 is 1.21 bits per heavy atom. The fourth-order valence-electron chi connectivity index (χ4n) is 3.47. The van der Waals surface area contributed by atoms with E-state index in [-0.39, 0.29) is 18.4 Å². The number of nitrogens with one attached hydrogen (secondary N) is 3. The van der Waals surface area contributed by atoms with E-state index in [0.29, 0.717) is 18.0 Å². The Hall–Kier alpha value is -2.28. The molecule has 3 N–H and O–H groups in total. The van der Waals surface area contributed by atoms with Gasteiger partial charge in [0.15, 0.2) is 5.96 Å². The number of benzene rings is 1. The first kappa shape index (κ1) is 20.5. The molecule has 0 radical (unpaired) electrons. The third kappa shape index (κ3) is 5.86. The molecular weight excluding hydrogens is 378 g/mol. The number of amides is 2. The molecule has 0 aromatic heterocycles. The number of carbonyl (C=O) groups excluding carboxylic acids is 2. The minimum Gasteiger partial charge on any atom is -0.356 e. The summed E-state index contributed by atoms with van der Waals surface area (Å²) in [6, 6.07) is 5.50. The maximum Gasteiger partial charge on any atom is 0.240 e. The van der Waals surface area contributed by atoms with Crippen LogP contribution in [0, 0.1) is 0 Å². The second-order valence-electron chi connectivity index (χ2n) is 7.10. The van der Waals surface area contributed by atoms with Crippen molar-refractivity contribution in [2.45, 2.75) is 38.5 Å². The molecule has 2 aliphatic rings. The highest BCUT2D eigenvalue weighted by atomic mass is 35.5. The number of hydrogen-bond acceptors (Lipinski definition) is 5. The number of anilines is 1. The molecule has 28 heavy (non-hydrogen) atoms. The van der Waals surface area contributed by atoms with E-state index >= 15 is 0 Å². The van der Waals surface area contributed by atoms with Crippen molar-refractivity contribution >= 4 is 35.1 Å². The highest BCUT2D eigenvalue weighted by Crippen LogP contribution is 2.29. The number of guanidine groups is 1. The zero-order chi connectivity index (χ0) is 19.8. The molecule has 7 nitrogen and oxygen atoms in total. The van der Waals surface area contributed by atoms with Crippen LogP contribution in [-0.2, 0) is 16.0 Å². The van der Waals surface area contributed by atoms with Crippen molar-refractivity contribution in [2.75, 3.05) is 37.6 Å². The van der Waals surface area contributed by atoms with Crippen molar-refractivity contribution in [1.29, 1.82) is 0 Å². The zero-order valence-electron chi connectivity index (χ0n) is 16.1. The van der Waals surface area contributed by atoms with E-state index in [1.807, 2.05) is 12.1 Å². The fourth-order valence-corrected chi connectivity index (χ4v) is 3.66. The molecule has 0 saturated heterocycles. The number of carbonyl (C=O) groups is 2. The smallest absolute Gasteiger partial charge is 0.240 e. The third-order valence-electron chi connectivity index (χ3n) is 4.91. The molecule has 1 aromatic carbocycles. The van der Waals surface area contributed by atoms with E-state index in [1.54, 1.807) is 11.0 Å². The number of aliphatic imine (C=N–C) groups is 1. The minimum atomic E-state index is -0.126. The molecule has 1 aromatic rings. The number of nitrogens with zero attached hydrogens (tertiary/aromatic N) is 2. The summed E-state index contributed by atoms with van der Waals surface area (Å²) in [4.78, 5) is 30.7. The summed E-state index contributed by atoms with van der Waals surface area (Å²) in [5, 5.41) is 10.0. The summed E-state index contributed by atoms with van der Waals surface area (Å²) in [5.74, 6) is 0.751. The zero-order valence-corrected chi connectivity index (χ0v) is 16.9. The second-order valence-corrected chi connectivity index (χ2v) is 7.54. The molecule has 2 amide bonds.